The molecule has 2 N–H and O–H groups in total. The van der Waals surface area contributed by atoms with Crippen molar-refractivity contribution >= 4 is 23.4 Å². The maximum absolute atomic E-state index is 12.7. The summed E-state index contributed by atoms with van der Waals surface area (Å²) in [6.45, 7) is 2.46. The number of amides is 1. The number of hydrogen-bond acceptors (Lipinski definition) is 5. The number of carbonyl (C=O) groups is 2. The molecule has 10 heteroatoms. The largest absolute Gasteiger partial charge is 0.481 e. The monoisotopic (exact) mass is 450 g/mol. The summed E-state index contributed by atoms with van der Waals surface area (Å²) in [7, 11) is 0. The summed E-state index contributed by atoms with van der Waals surface area (Å²) >= 11 is 0. The number of benzene rings is 1. The van der Waals surface area contributed by atoms with Gasteiger partial charge in [-0.2, -0.15) is 13.2 Å². The Kier molecular flexibility index (Phi) is 7.68. The summed E-state index contributed by atoms with van der Waals surface area (Å²) in [5.41, 5.74) is -0.188. The first-order valence-electron chi connectivity index (χ1n) is 10.3. The van der Waals surface area contributed by atoms with Gasteiger partial charge >= 0.3 is 12.1 Å². The van der Waals surface area contributed by atoms with Crippen molar-refractivity contribution in [1.82, 2.24) is 9.88 Å². The number of halogens is 3. The van der Waals surface area contributed by atoms with E-state index < -0.39 is 23.6 Å². The molecule has 0 spiro atoms. The van der Waals surface area contributed by atoms with Crippen LogP contribution < -0.4 is 10.2 Å². The van der Waals surface area contributed by atoms with E-state index in [0.29, 0.717) is 44.1 Å². The fourth-order valence-electron chi connectivity index (χ4n) is 3.62. The minimum Gasteiger partial charge on any atom is -0.481 e. The SMILES string of the molecule is O=C(CC(CN1CCCN(c2ccc(C(F)(F)F)cn2)CC1)C(=O)O)Nc1ccccc1. The van der Waals surface area contributed by atoms with Gasteiger partial charge in [0.25, 0.3) is 0 Å². The third kappa shape index (κ3) is 6.68. The van der Waals surface area contributed by atoms with E-state index in [-0.39, 0.29) is 18.9 Å². The quantitative estimate of drug-likeness (QED) is 0.673. The Morgan fingerprint density at radius 3 is 2.44 bits per heavy atom. The molecule has 1 aromatic heterocycles. The number of alkyl halides is 3. The van der Waals surface area contributed by atoms with Crippen LogP contribution >= 0.6 is 0 Å². The van der Waals surface area contributed by atoms with E-state index in [2.05, 4.69) is 10.3 Å². The first kappa shape index (κ1) is 23.5. The zero-order valence-corrected chi connectivity index (χ0v) is 17.4. The van der Waals surface area contributed by atoms with Gasteiger partial charge in [0.15, 0.2) is 0 Å². The van der Waals surface area contributed by atoms with Crippen molar-refractivity contribution in [2.45, 2.75) is 19.0 Å². The summed E-state index contributed by atoms with van der Waals surface area (Å²) in [6.07, 6.45) is -3.06. The third-order valence-electron chi connectivity index (χ3n) is 5.30. The highest BCUT2D eigenvalue weighted by molar-refractivity contribution is 5.93. The van der Waals surface area contributed by atoms with Crippen LogP contribution in [0, 0.1) is 5.92 Å². The Labute approximate surface area is 183 Å². The van der Waals surface area contributed by atoms with E-state index >= 15 is 0 Å². The predicted octanol–water partition coefficient (Wildman–Crippen LogP) is 3.34. The van der Waals surface area contributed by atoms with Crippen molar-refractivity contribution in [1.29, 1.82) is 0 Å². The molecule has 1 atom stereocenters. The second kappa shape index (κ2) is 10.4. The Balaban J connectivity index is 1.55. The molecule has 1 unspecified atom stereocenters. The third-order valence-corrected chi connectivity index (χ3v) is 5.30. The van der Waals surface area contributed by atoms with E-state index in [1.54, 1.807) is 24.3 Å². The van der Waals surface area contributed by atoms with Gasteiger partial charge in [0.05, 0.1) is 11.5 Å². The lowest BCUT2D eigenvalue weighted by atomic mass is 10.0. The number of pyridine rings is 1. The molecule has 2 heterocycles. The first-order chi connectivity index (χ1) is 15.2. The zero-order chi connectivity index (χ0) is 23.1. The lowest BCUT2D eigenvalue weighted by Gasteiger charge is -2.25. The Bertz CT molecular complexity index is 907. The molecule has 32 heavy (non-hydrogen) atoms. The van der Waals surface area contributed by atoms with Crippen LogP contribution in [0.3, 0.4) is 0 Å². The average Bonchev–Trinajstić information content (AvgIpc) is 2.99. The summed E-state index contributed by atoms with van der Waals surface area (Å²) in [4.78, 5) is 31.8. The Morgan fingerprint density at radius 2 is 1.81 bits per heavy atom. The molecule has 1 aromatic carbocycles. The van der Waals surface area contributed by atoms with E-state index in [1.807, 2.05) is 15.9 Å². The van der Waals surface area contributed by atoms with Crippen LogP contribution in [0.1, 0.15) is 18.4 Å². The number of carboxylic acid groups (broad SMARTS) is 1. The Hall–Kier alpha value is -3.14. The predicted molar refractivity (Wildman–Crippen MR) is 113 cm³/mol. The van der Waals surface area contributed by atoms with E-state index in [1.165, 1.54) is 6.07 Å². The second-order valence-electron chi connectivity index (χ2n) is 7.70. The van der Waals surface area contributed by atoms with Gasteiger partial charge in [-0.15, -0.1) is 0 Å². The summed E-state index contributed by atoms with van der Waals surface area (Å²) in [5, 5.41) is 12.3. The molecule has 0 saturated carbocycles. The number of para-hydroxylation sites is 1. The van der Waals surface area contributed by atoms with Crippen molar-refractivity contribution in [2.75, 3.05) is 42.9 Å². The van der Waals surface area contributed by atoms with Gasteiger partial charge in [-0.05, 0) is 37.2 Å². The van der Waals surface area contributed by atoms with Crippen LogP contribution in [0.4, 0.5) is 24.7 Å². The van der Waals surface area contributed by atoms with Gasteiger partial charge < -0.3 is 20.2 Å². The van der Waals surface area contributed by atoms with Gasteiger partial charge in [-0.1, -0.05) is 18.2 Å². The standard InChI is InChI=1S/C22H25F3N4O3/c23-22(24,25)17-7-8-19(26-14-17)29-10-4-9-28(11-12-29)15-16(21(31)32)13-20(30)27-18-5-2-1-3-6-18/h1-3,5-8,14,16H,4,9-13,15H2,(H,27,30)(H,31,32). The van der Waals surface area contributed by atoms with Gasteiger partial charge in [-0.3, -0.25) is 9.59 Å². The Morgan fingerprint density at radius 1 is 1.06 bits per heavy atom. The minimum atomic E-state index is -4.43. The number of rotatable bonds is 7. The lowest BCUT2D eigenvalue weighted by Crippen LogP contribution is -2.37. The number of aromatic nitrogens is 1. The van der Waals surface area contributed by atoms with Crippen LogP contribution in [0.15, 0.2) is 48.7 Å². The van der Waals surface area contributed by atoms with Crippen LogP contribution in [0.2, 0.25) is 0 Å². The zero-order valence-electron chi connectivity index (χ0n) is 17.4. The molecular weight excluding hydrogens is 425 g/mol. The molecule has 1 fully saturated rings. The summed E-state index contributed by atoms with van der Waals surface area (Å²) in [5.74, 6) is -1.82. The molecule has 7 nitrogen and oxygen atoms in total. The van der Waals surface area contributed by atoms with Crippen molar-refractivity contribution in [3.05, 3.63) is 54.2 Å². The summed E-state index contributed by atoms with van der Waals surface area (Å²) < 4.78 is 38.2. The van der Waals surface area contributed by atoms with Crippen molar-refractivity contribution in [2.24, 2.45) is 5.92 Å². The summed E-state index contributed by atoms with van der Waals surface area (Å²) in [6, 6.07) is 11.2. The van der Waals surface area contributed by atoms with Crippen molar-refractivity contribution in [3.8, 4) is 0 Å². The number of carbonyl (C=O) groups excluding carboxylic acids is 1. The highest BCUT2D eigenvalue weighted by Crippen LogP contribution is 2.29. The number of carboxylic acids is 1. The minimum absolute atomic E-state index is 0.148. The number of anilines is 2. The average molecular weight is 450 g/mol. The van der Waals surface area contributed by atoms with E-state index in [4.69, 9.17) is 0 Å². The second-order valence-corrected chi connectivity index (χ2v) is 7.70. The molecular formula is C22H25F3N4O3. The first-order valence-corrected chi connectivity index (χ1v) is 10.3. The fourth-order valence-corrected chi connectivity index (χ4v) is 3.62. The molecule has 172 valence electrons. The topological polar surface area (TPSA) is 85.8 Å². The molecule has 1 saturated heterocycles. The van der Waals surface area contributed by atoms with Crippen molar-refractivity contribution in [3.63, 3.8) is 0 Å². The number of nitrogens with one attached hydrogen (secondary N) is 1. The molecule has 0 radical (unpaired) electrons. The molecule has 1 aliphatic rings. The van der Waals surface area contributed by atoms with Crippen LogP contribution in [-0.2, 0) is 15.8 Å². The normalized spacial score (nSPS) is 16.3. The van der Waals surface area contributed by atoms with Crippen LogP contribution in [0.5, 0.6) is 0 Å². The molecule has 0 bridgehead atoms. The smallest absolute Gasteiger partial charge is 0.417 e. The highest BCUT2D eigenvalue weighted by atomic mass is 19.4. The highest BCUT2D eigenvalue weighted by Gasteiger charge is 2.31. The van der Waals surface area contributed by atoms with Gasteiger partial charge in [0, 0.05) is 44.5 Å². The van der Waals surface area contributed by atoms with Gasteiger partial charge in [0.1, 0.15) is 5.82 Å². The molecule has 1 aliphatic heterocycles. The maximum atomic E-state index is 12.7. The molecule has 0 aliphatic carbocycles. The van der Waals surface area contributed by atoms with E-state index in [0.717, 1.165) is 12.3 Å². The van der Waals surface area contributed by atoms with Gasteiger partial charge in [0.2, 0.25) is 5.91 Å². The van der Waals surface area contributed by atoms with E-state index in [9.17, 15) is 27.9 Å². The molecule has 2 aromatic rings. The number of hydrogen-bond donors (Lipinski definition) is 2. The number of nitrogens with zero attached hydrogens (tertiary/aromatic N) is 3. The molecule has 1 amide bonds. The van der Waals surface area contributed by atoms with Crippen molar-refractivity contribution < 1.29 is 27.9 Å². The van der Waals surface area contributed by atoms with Crippen LogP contribution in [0.25, 0.3) is 0 Å². The lowest BCUT2D eigenvalue weighted by molar-refractivity contribution is -0.144. The maximum Gasteiger partial charge on any atom is 0.417 e. The van der Waals surface area contributed by atoms with Crippen LogP contribution in [-0.4, -0.2) is 59.6 Å². The fraction of sp³-hybridized carbons (Fsp3) is 0.409. The van der Waals surface area contributed by atoms with Gasteiger partial charge in [-0.25, -0.2) is 4.98 Å². The molecule has 3 rings (SSSR count). The number of aliphatic carboxylic acids is 1.